The van der Waals surface area contributed by atoms with Crippen molar-refractivity contribution >= 4 is 21.7 Å². The van der Waals surface area contributed by atoms with Crippen molar-refractivity contribution in [3.8, 4) is 5.75 Å². The van der Waals surface area contributed by atoms with Gasteiger partial charge in [0, 0.05) is 21.7 Å². The SMILES string of the molecule is CCCCCCCCOc1ccc([S+]2CCCC2)c2ccccc12. The Bertz CT molecular complexity index is 631. The van der Waals surface area contributed by atoms with E-state index in [2.05, 4.69) is 43.3 Å². The molecule has 2 aromatic rings. The van der Waals surface area contributed by atoms with Crippen LogP contribution in [0.1, 0.15) is 58.3 Å². The van der Waals surface area contributed by atoms with Crippen LogP contribution < -0.4 is 4.74 Å². The number of rotatable bonds is 9. The predicted octanol–water partition coefficient (Wildman–Crippen LogP) is 6.35. The van der Waals surface area contributed by atoms with Gasteiger partial charge in [0.05, 0.1) is 6.61 Å². The summed E-state index contributed by atoms with van der Waals surface area (Å²) in [4.78, 5) is 1.56. The van der Waals surface area contributed by atoms with Gasteiger partial charge in [-0.05, 0) is 37.5 Å². The summed E-state index contributed by atoms with van der Waals surface area (Å²) in [6.07, 6.45) is 10.7. The minimum absolute atomic E-state index is 0.459. The molecule has 0 spiro atoms. The van der Waals surface area contributed by atoms with Crippen molar-refractivity contribution in [3.05, 3.63) is 36.4 Å². The van der Waals surface area contributed by atoms with Gasteiger partial charge in [-0.25, -0.2) is 0 Å². The number of hydrogen-bond donors (Lipinski definition) is 0. The van der Waals surface area contributed by atoms with Gasteiger partial charge in [-0.1, -0.05) is 57.2 Å². The lowest BCUT2D eigenvalue weighted by Crippen LogP contribution is -2.05. The average molecular weight is 344 g/mol. The molecule has 0 aromatic heterocycles. The van der Waals surface area contributed by atoms with E-state index in [9.17, 15) is 0 Å². The van der Waals surface area contributed by atoms with Crippen LogP contribution in [0.4, 0.5) is 0 Å². The minimum Gasteiger partial charge on any atom is -0.493 e. The van der Waals surface area contributed by atoms with Crippen LogP contribution in [0.15, 0.2) is 41.3 Å². The minimum atomic E-state index is 0.459. The molecule has 130 valence electrons. The Balaban J connectivity index is 1.63. The zero-order valence-electron chi connectivity index (χ0n) is 15.1. The first-order valence-corrected chi connectivity index (χ1v) is 11.3. The van der Waals surface area contributed by atoms with Crippen molar-refractivity contribution in [3.63, 3.8) is 0 Å². The lowest BCUT2D eigenvalue weighted by atomic mass is 10.1. The first kappa shape index (κ1) is 17.7. The van der Waals surface area contributed by atoms with Crippen molar-refractivity contribution in [2.45, 2.75) is 63.2 Å². The molecule has 1 saturated heterocycles. The zero-order chi connectivity index (χ0) is 16.6. The Labute approximate surface area is 150 Å². The summed E-state index contributed by atoms with van der Waals surface area (Å²) in [6, 6.07) is 13.4. The van der Waals surface area contributed by atoms with Crippen LogP contribution in [-0.4, -0.2) is 18.1 Å². The molecule has 24 heavy (non-hydrogen) atoms. The van der Waals surface area contributed by atoms with Gasteiger partial charge in [0.25, 0.3) is 0 Å². The highest BCUT2D eigenvalue weighted by molar-refractivity contribution is 7.97. The first-order chi connectivity index (χ1) is 11.9. The average Bonchev–Trinajstić information content (AvgIpc) is 3.15. The molecule has 0 bridgehead atoms. The second-order valence-electron chi connectivity index (χ2n) is 6.83. The van der Waals surface area contributed by atoms with E-state index in [1.165, 1.54) is 73.6 Å². The summed E-state index contributed by atoms with van der Waals surface area (Å²) in [6.45, 7) is 3.12. The molecule has 2 aromatic carbocycles. The fourth-order valence-corrected chi connectivity index (χ4v) is 6.06. The number of benzene rings is 2. The molecule has 0 N–H and O–H groups in total. The topological polar surface area (TPSA) is 9.23 Å². The van der Waals surface area contributed by atoms with E-state index >= 15 is 0 Å². The maximum Gasteiger partial charge on any atom is 0.162 e. The summed E-state index contributed by atoms with van der Waals surface area (Å²) < 4.78 is 6.15. The lowest BCUT2D eigenvalue weighted by molar-refractivity contribution is 0.307. The molecular formula is C22H31OS+. The Morgan fingerprint density at radius 2 is 1.54 bits per heavy atom. The second-order valence-corrected chi connectivity index (χ2v) is 9.07. The number of unbranched alkanes of at least 4 members (excludes halogenated alkanes) is 5. The molecule has 0 radical (unpaired) electrons. The molecule has 0 unspecified atom stereocenters. The summed E-state index contributed by atoms with van der Waals surface area (Å²) in [5.41, 5.74) is 0. The molecule has 1 nitrogen and oxygen atoms in total. The van der Waals surface area contributed by atoms with Crippen LogP contribution in [0.3, 0.4) is 0 Å². The van der Waals surface area contributed by atoms with Gasteiger partial charge in [-0.2, -0.15) is 0 Å². The second kappa shape index (κ2) is 9.36. The van der Waals surface area contributed by atoms with E-state index in [1.807, 2.05) is 0 Å². The Morgan fingerprint density at radius 1 is 0.833 bits per heavy atom. The number of hydrogen-bond acceptors (Lipinski definition) is 1. The third-order valence-electron chi connectivity index (χ3n) is 4.94. The monoisotopic (exact) mass is 343 g/mol. The molecule has 0 atom stereocenters. The van der Waals surface area contributed by atoms with E-state index < -0.39 is 0 Å². The first-order valence-electron chi connectivity index (χ1n) is 9.72. The normalized spacial score (nSPS) is 15.2. The van der Waals surface area contributed by atoms with E-state index in [0.717, 1.165) is 12.4 Å². The summed E-state index contributed by atoms with van der Waals surface area (Å²) in [7, 11) is 0.459. The molecule has 1 heterocycles. The van der Waals surface area contributed by atoms with Crippen molar-refractivity contribution < 1.29 is 4.74 Å². The molecule has 2 heteroatoms. The fraction of sp³-hybridized carbons (Fsp3) is 0.545. The van der Waals surface area contributed by atoms with Gasteiger partial charge < -0.3 is 4.74 Å². The van der Waals surface area contributed by atoms with Gasteiger partial charge in [0.2, 0.25) is 0 Å². The highest BCUT2D eigenvalue weighted by atomic mass is 32.2. The molecular weight excluding hydrogens is 312 g/mol. The Kier molecular flexibility index (Phi) is 6.89. The van der Waals surface area contributed by atoms with Crippen molar-refractivity contribution in [2.75, 3.05) is 18.1 Å². The third-order valence-corrected chi connectivity index (χ3v) is 7.48. The highest BCUT2D eigenvalue weighted by Gasteiger charge is 2.29. The Hall–Kier alpha value is -1.15. The van der Waals surface area contributed by atoms with Gasteiger partial charge in [0.1, 0.15) is 17.3 Å². The van der Waals surface area contributed by atoms with E-state index in [4.69, 9.17) is 4.74 Å². The molecule has 0 saturated carbocycles. The molecule has 0 aliphatic carbocycles. The maximum atomic E-state index is 6.15. The van der Waals surface area contributed by atoms with Gasteiger partial charge in [0.15, 0.2) is 4.90 Å². The van der Waals surface area contributed by atoms with Crippen LogP contribution in [0.25, 0.3) is 10.8 Å². The Morgan fingerprint density at radius 3 is 2.33 bits per heavy atom. The van der Waals surface area contributed by atoms with Crippen LogP contribution >= 0.6 is 0 Å². The molecule has 1 aliphatic heterocycles. The van der Waals surface area contributed by atoms with Gasteiger partial charge >= 0.3 is 0 Å². The summed E-state index contributed by atoms with van der Waals surface area (Å²) >= 11 is 0. The van der Waals surface area contributed by atoms with Crippen molar-refractivity contribution in [1.82, 2.24) is 0 Å². The van der Waals surface area contributed by atoms with Crippen molar-refractivity contribution in [1.29, 1.82) is 0 Å². The van der Waals surface area contributed by atoms with Crippen LogP contribution in [0.2, 0.25) is 0 Å². The standard InChI is InChI=1S/C22H31OS/c1-2-3-4-5-6-9-16-23-21-14-15-22(24-17-10-11-18-24)20-13-8-7-12-19(20)21/h7-8,12-15H,2-6,9-11,16-18H2,1H3/q+1. The quantitative estimate of drug-likeness (QED) is 0.381. The van der Waals surface area contributed by atoms with E-state index in [0.29, 0.717) is 10.9 Å². The summed E-state index contributed by atoms with van der Waals surface area (Å²) in [5.74, 6) is 3.83. The zero-order valence-corrected chi connectivity index (χ0v) is 15.9. The highest BCUT2D eigenvalue weighted by Crippen LogP contribution is 2.34. The third kappa shape index (κ3) is 4.47. The fourth-order valence-electron chi connectivity index (χ4n) is 3.56. The molecule has 0 amide bonds. The van der Waals surface area contributed by atoms with Crippen molar-refractivity contribution in [2.24, 2.45) is 0 Å². The van der Waals surface area contributed by atoms with Gasteiger partial charge in [-0.15, -0.1) is 0 Å². The maximum absolute atomic E-state index is 6.15. The molecule has 3 rings (SSSR count). The number of fused-ring (bicyclic) bond motifs is 1. The predicted molar refractivity (Wildman–Crippen MR) is 107 cm³/mol. The molecule has 1 fully saturated rings. The number of ether oxygens (including phenoxy) is 1. The van der Waals surface area contributed by atoms with Crippen LogP contribution in [-0.2, 0) is 10.9 Å². The smallest absolute Gasteiger partial charge is 0.162 e. The van der Waals surface area contributed by atoms with Crippen LogP contribution in [0, 0.1) is 0 Å². The van der Waals surface area contributed by atoms with E-state index in [1.54, 1.807) is 4.90 Å². The van der Waals surface area contributed by atoms with E-state index in [-0.39, 0.29) is 0 Å². The van der Waals surface area contributed by atoms with Gasteiger partial charge in [-0.3, -0.25) is 0 Å². The lowest BCUT2D eigenvalue weighted by Gasteiger charge is -2.12. The van der Waals surface area contributed by atoms with Crippen LogP contribution in [0.5, 0.6) is 5.75 Å². The summed E-state index contributed by atoms with van der Waals surface area (Å²) in [5, 5.41) is 2.73. The largest absolute Gasteiger partial charge is 0.493 e. The molecule has 1 aliphatic rings.